The third kappa shape index (κ3) is 5.15. The number of amides is 1. The van der Waals surface area contributed by atoms with Gasteiger partial charge in [0, 0.05) is 21.8 Å². The molecule has 1 N–H and O–H groups in total. The van der Waals surface area contributed by atoms with Gasteiger partial charge < -0.3 is 14.5 Å². The van der Waals surface area contributed by atoms with Gasteiger partial charge >= 0.3 is 0 Å². The van der Waals surface area contributed by atoms with Crippen LogP contribution in [0.3, 0.4) is 0 Å². The first kappa shape index (κ1) is 22.0. The highest BCUT2D eigenvalue weighted by atomic mass is 35.5. The maximum Gasteiger partial charge on any atom is 0.292 e. The molecule has 2 aromatic heterocycles. The van der Waals surface area contributed by atoms with Crippen LogP contribution in [-0.2, 0) is 13.2 Å². The number of aromatic nitrogens is 2. The highest BCUT2D eigenvalue weighted by Gasteiger charge is 2.15. The zero-order valence-corrected chi connectivity index (χ0v) is 19.1. The Morgan fingerprint density at radius 2 is 1.91 bits per heavy atom. The Balaban J connectivity index is 1.38. The molecule has 8 heteroatoms. The van der Waals surface area contributed by atoms with Gasteiger partial charge in [-0.15, -0.1) is 0 Å². The SMILES string of the molecule is Cc1cc(Cl)ccc1OCc1ccc(C(=O)Nc2cc(C)n(Cc3ccccc3Cl)n2)o1. The Hall–Kier alpha value is -3.22. The number of furan rings is 1. The zero-order chi connectivity index (χ0) is 22.7. The summed E-state index contributed by atoms with van der Waals surface area (Å²) in [7, 11) is 0. The van der Waals surface area contributed by atoms with E-state index in [4.69, 9.17) is 32.4 Å². The smallest absolute Gasteiger partial charge is 0.292 e. The predicted octanol–water partition coefficient (Wildman–Crippen LogP) is 6.28. The lowest BCUT2D eigenvalue weighted by Crippen LogP contribution is -2.12. The summed E-state index contributed by atoms with van der Waals surface area (Å²) in [5, 5.41) is 8.55. The fourth-order valence-corrected chi connectivity index (χ4v) is 3.62. The minimum atomic E-state index is -0.388. The molecule has 0 fully saturated rings. The monoisotopic (exact) mass is 469 g/mol. The van der Waals surface area contributed by atoms with Crippen molar-refractivity contribution in [3.63, 3.8) is 0 Å². The molecule has 0 unspecified atom stereocenters. The Morgan fingerprint density at radius 3 is 2.69 bits per heavy atom. The first-order valence-electron chi connectivity index (χ1n) is 9.96. The van der Waals surface area contributed by atoms with Crippen molar-refractivity contribution in [3.05, 3.63) is 99.1 Å². The Labute approximate surface area is 195 Å². The Kier molecular flexibility index (Phi) is 6.53. The van der Waals surface area contributed by atoms with Crippen LogP contribution in [0.15, 0.2) is 65.1 Å². The van der Waals surface area contributed by atoms with Crippen LogP contribution in [0.1, 0.15) is 33.1 Å². The maximum absolute atomic E-state index is 12.6. The molecule has 0 aliphatic rings. The summed E-state index contributed by atoms with van der Waals surface area (Å²) in [5.74, 6) is 1.46. The van der Waals surface area contributed by atoms with Crippen LogP contribution < -0.4 is 10.1 Å². The van der Waals surface area contributed by atoms with Gasteiger partial charge in [-0.05, 0) is 61.4 Å². The molecule has 0 bridgehead atoms. The third-order valence-electron chi connectivity index (χ3n) is 4.89. The zero-order valence-electron chi connectivity index (χ0n) is 17.6. The van der Waals surface area contributed by atoms with Crippen LogP contribution in [0.4, 0.5) is 5.82 Å². The number of benzene rings is 2. The van der Waals surface area contributed by atoms with Gasteiger partial charge in [-0.3, -0.25) is 9.48 Å². The van der Waals surface area contributed by atoms with Crippen LogP contribution in [0, 0.1) is 13.8 Å². The van der Waals surface area contributed by atoms with Crippen molar-refractivity contribution in [2.24, 2.45) is 0 Å². The number of halogens is 2. The summed E-state index contributed by atoms with van der Waals surface area (Å²) in [4.78, 5) is 12.6. The van der Waals surface area contributed by atoms with Gasteiger partial charge in [-0.25, -0.2) is 0 Å². The normalized spacial score (nSPS) is 10.9. The summed E-state index contributed by atoms with van der Waals surface area (Å²) >= 11 is 12.2. The number of rotatable bonds is 7. The molecule has 2 heterocycles. The van der Waals surface area contributed by atoms with Crippen molar-refractivity contribution >= 4 is 34.9 Å². The molecular formula is C24H21Cl2N3O3. The minimum Gasteiger partial charge on any atom is -0.485 e. The molecule has 0 spiro atoms. The number of ether oxygens (including phenoxy) is 1. The van der Waals surface area contributed by atoms with Crippen molar-refractivity contribution in [1.29, 1.82) is 0 Å². The second-order valence-electron chi connectivity index (χ2n) is 7.34. The molecule has 0 radical (unpaired) electrons. The van der Waals surface area contributed by atoms with Gasteiger partial charge in [0.1, 0.15) is 18.1 Å². The first-order valence-corrected chi connectivity index (χ1v) is 10.7. The standard InChI is InChI=1S/C24H21Cl2N3O3/c1-15-11-18(25)7-9-21(15)31-14-19-8-10-22(32-19)24(30)27-23-12-16(2)29(28-23)13-17-5-3-4-6-20(17)26/h3-12H,13-14H2,1-2H3,(H,27,28,30). The second-order valence-corrected chi connectivity index (χ2v) is 8.18. The lowest BCUT2D eigenvalue weighted by atomic mass is 10.2. The lowest BCUT2D eigenvalue weighted by molar-refractivity contribution is 0.0992. The maximum atomic E-state index is 12.6. The largest absolute Gasteiger partial charge is 0.485 e. The van der Waals surface area contributed by atoms with Gasteiger partial charge in [0.2, 0.25) is 0 Å². The predicted molar refractivity (Wildman–Crippen MR) is 125 cm³/mol. The summed E-state index contributed by atoms with van der Waals surface area (Å²) in [6.45, 7) is 4.53. The first-order chi connectivity index (χ1) is 15.4. The van der Waals surface area contributed by atoms with E-state index in [2.05, 4.69) is 10.4 Å². The number of carbonyl (C=O) groups is 1. The minimum absolute atomic E-state index is 0.176. The van der Waals surface area contributed by atoms with Gasteiger partial charge in [0.25, 0.3) is 5.91 Å². The molecule has 0 saturated carbocycles. The number of hydrogen-bond donors (Lipinski definition) is 1. The highest BCUT2D eigenvalue weighted by molar-refractivity contribution is 6.31. The molecule has 164 valence electrons. The van der Waals surface area contributed by atoms with Crippen LogP contribution in [-0.4, -0.2) is 15.7 Å². The fourth-order valence-electron chi connectivity index (χ4n) is 3.20. The molecule has 4 rings (SSSR count). The lowest BCUT2D eigenvalue weighted by Gasteiger charge is -2.07. The van der Waals surface area contributed by atoms with Crippen molar-refractivity contribution in [3.8, 4) is 5.75 Å². The fraction of sp³-hybridized carbons (Fsp3) is 0.167. The van der Waals surface area contributed by atoms with Gasteiger partial charge in [-0.1, -0.05) is 41.4 Å². The van der Waals surface area contributed by atoms with E-state index >= 15 is 0 Å². The topological polar surface area (TPSA) is 69.3 Å². The molecular weight excluding hydrogens is 449 g/mol. The molecule has 4 aromatic rings. The van der Waals surface area contributed by atoms with Crippen molar-refractivity contribution in [2.75, 3.05) is 5.32 Å². The molecule has 2 aromatic carbocycles. The van der Waals surface area contributed by atoms with Crippen LogP contribution in [0.2, 0.25) is 10.0 Å². The molecule has 0 aliphatic heterocycles. The number of aryl methyl sites for hydroxylation is 2. The van der Waals surface area contributed by atoms with E-state index in [1.165, 1.54) is 0 Å². The van der Waals surface area contributed by atoms with Gasteiger partial charge in [-0.2, -0.15) is 5.10 Å². The number of nitrogens with zero attached hydrogens (tertiary/aromatic N) is 2. The van der Waals surface area contributed by atoms with E-state index < -0.39 is 0 Å². The van der Waals surface area contributed by atoms with E-state index in [9.17, 15) is 4.79 Å². The van der Waals surface area contributed by atoms with E-state index in [0.717, 1.165) is 16.8 Å². The summed E-state index contributed by atoms with van der Waals surface area (Å²) in [5.41, 5.74) is 2.77. The third-order valence-corrected chi connectivity index (χ3v) is 5.50. The van der Waals surface area contributed by atoms with Crippen molar-refractivity contribution < 1.29 is 13.9 Å². The Bertz CT molecular complexity index is 1260. The summed E-state index contributed by atoms with van der Waals surface area (Å²) < 4.78 is 13.2. The summed E-state index contributed by atoms with van der Waals surface area (Å²) in [6.07, 6.45) is 0. The average molecular weight is 470 g/mol. The Morgan fingerprint density at radius 1 is 1.09 bits per heavy atom. The molecule has 1 amide bonds. The van der Waals surface area contributed by atoms with Crippen molar-refractivity contribution in [2.45, 2.75) is 27.0 Å². The quantitative estimate of drug-likeness (QED) is 0.345. The van der Waals surface area contributed by atoms with Gasteiger partial charge in [0.15, 0.2) is 11.6 Å². The second kappa shape index (κ2) is 9.51. The molecule has 6 nitrogen and oxygen atoms in total. The summed E-state index contributed by atoms with van der Waals surface area (Å²) in [6, 6.07) is 18.1. The number of nitrogens with one attached hydrogen (secondary N) is 1. The average Bonchev–Trinajstić information content (AvgIpc) is 3.36. The van der Waals surface area contributed by atoms with Crippen LogP contribution in [0.5, 0.6) is 5.75 Å². The molecule has 0 saturated heterocycles. The number of hydrogen-bond acceptors (Lipinski definition) is 4. The van der Waals surface area contributed by atoms with E-state index in [1.807, 2.05) is 44.2 Å². The van der Waals surface area contributed by atoms with Crippen LogP contribution >= 0.6 is 23.2 Å². The van der Waals surface area contributed by atoms with Gasteiger partial charge in [0.05, 0.1) is 6.54 Å². The van der Waals surface area contributed by atoms with E-state index in [0.29, 0.717) is 33.9 Å². The highest BCUT2D eigenvalue weighted by Crippen LogP contribution is 2.23. The van der Waals surface area contributed by atoms with E-state index in [-0.39, 0.29) is 18.3 Å². The molecule has 0 aliphatic carbocycles. The van der Waals surface area contributed by atoms with Crippen molar-refractivity contribution in [1.82, 2.24) is 9.78 Å². The number of carbonyl (C=O) groups excluding carboxylic acids is 1. The number of anilines is 1. The van der Waals surface area contributed by atoms with E-state index in [1.54, 1.807) is 35.0 Å². The van der Waals surface area contributed by atoms with Crippen LogP contribution in [0.25, 0.3) is 0 Å². The molecule has 0 atom stereocenters. The molecule has 32 heavy (non-hydrogen) atoms.